The van der Waals surface area contributed by atoms with E-state index < -0.39 is 11.4 Å². The van der Waals surface area contributed by atoms with Gasteiger partial charge >= 0.3 is 0 Å². The molecule has 0 atom stereocenters. The smallest absolute Gasteiger partial charge is 0.266 e. The van der Waals surface area contributed by atoms with Gasteiger partial charge in [0.2, 0.25) is 5.95 Å². The molecule has 5 rings (SSSR count). The summed E-state index contributed by atoms with van der Waals surface area (Å²) in [5, 5.41) is 16.4. The van der Waals surface area contributed by atoms with E-state index in [2.05, 4.69) is 25.5 Å². The van der Waals surface area contributed by atoms with Crippen molar-refractivity contribution in [3.05, 3.63) is 81.3 Å². The third-order valence-electron chi connectivity index (χ3n) is 8.58. The van der Waals surface area contributed by atoms with Crippen LogP contribution >= 0.6 is 11.6 Å². The van der Waals surface area contributed by atoms with Crippen molar-refractivity contribution in [3.63, 3.8) is 0 Å². The van der Waals surface area contributed by atoms with Gasteiger partial charge in [0.05, 0.1) is 38.5 Å². The van der Waals surface area contributed by atoms with Crippen LogP contribution in [0.5, 0.6) is 11.5 Å². The molecule has 1 aliphatic heterocycles. The number of likely N-dealkylation sites (N-methyl/N-ethyl adjacent to an activating group) is 1. The minimum atomic E-state index is -0.525. The highest BCUT2D eigenvalue weighted by Crippen LogP contribution is 2.38. The molecule has 48 heavy (non-hydrogen) atoms. The second-order valence-electron chi connectivity index (χ2n) is 12.0. The zero-order valence-corrected chi connectivity index (χ0v) is 28.5. The van der Waals surface area contributed by atoms with Crippen LogP contribution in [0.2, 0.25) is 5.02 Å². The van der Waals surface area contributed by atoms with Crippen molar-refractivity contribution in [2.45, 2.75) is 38.4 Å². The van der Waals surface area contributed by atoms with Crippen LogP contribution in [0.25, 0.3) is 22.2 Å². The summed E-state index contributed by atoms with van der Waals surface area (Å²) in [5.41, 5.74) is 1.95. The molecular formula is C35H38ClN7O5. The summed E-state index contributed by atoms with van der Waals surface area (Å²) in [4.78, 5) is 38.1. The van der Waals surface area contributed by atoms with Gasteiger partial charge in [-0.2, -0.15) is 10.2 Å². The molecule has 250 valence electrons. The summed E-state index contributed by atoms with van der Waals surface area (Å²) in [6.45, 7) is 5.47. The van der Waals surface area contributed by atoms with E-state index in [1.807, 2.05) is 39.1 Å². The molecule has 2 aromatic carbocycles. The molecule has 4 aromatic rings. The zero-order valence-electron chi connectivity index (χ0n) is 27.8. The van der Waals surface area contributed by atoms with E-state index in [-0.39, 0.29) is 22.2 Å². The van der Waals surface area contributed by atoms with Crippen LogP contribution in [-0.4, -0.2) is 78.5 Å². The molecule has 1 saturated heterocycles. The van der Waals surface area contributed by atoms with Crippen LogP contribution in [0.15, 0.2) is 65.1 Å². The third kappa shape index (κ3) is 7.13. The topological polar surface area (TPSA) is 144 Å². The van der Waals surface area contributed by atoms with Gasteiger partial charge < -0.3 is 24.8 Å². The molecule has 2 N–H and O–H groups in total. The van der Waals surface area contributed by atoms with Crippen LogP contribution in [0, 0.1) is 11.3 Å². The van der Waals surface area contributed by atoms with E-state index in [4.69, 9.17) is 25.8 Å². The number of aromatic nitrogens is 3. The Kier molecular flexibility index (Phi) is 10.3. The lowest BCUT2D eigenvalue weighted by atomic mass is 9.96. The monoisotopic (exact) mass is 671 g/mol. The van der Waals surface area contributed by atoms with E-state index >= 15 is 0 Å². The highest BCUT2D eigenvalue weighted by Gasteiger charge is 2.33. The molecule has 1 aliphatic rings. The fraction of sp³-hybridized carbons (Fsp3) is 0.343. The first-order valence-electron chi connectivity index (χ1n) is 15.3. The number of hydrogen-bond donors (Lipinski definition) is 2. The number of hydrogen-bond acceptors (Lipinski definition) is 10. The van der Waals surface area contributed by atoms with Gasteiger partial charge in [0.15, 0.2) is 0 Å². The first kappa shape index (κ1) is 34.4. The number of aryl methyl sites for hydroxylation is 2. The van der Waals surface area contributed by atoms with E-state index in [0.717, 1.165) is 5.56 Å². The fourth-order valence-electron chi connectivity index (χ4n) is 5.43. The number of nitriles is 1. The number of halogens is 1. The molecule has 0 spiro atoms. The van der Waals surface area contributed by atoms with Gasteiger partial charge in [-0.1, -0.05) is 23.7 Å². The van der Waals surface area contributed by atoms with E-state index in [9.17, 15) is 14.9 Å². The quantitative estimate of drug-likeness (QED) is 0.157. The Hall–Kier alpha value is -4.96. The molecule has 1 fully saturated rings. The third-order valence-corrected chi connectivity index (χ3v) is 8.97. The summed E-state index contributed by atoms with van der Waals surface area (Å²) in [5.74, 6) is 0.758. The molecule has 2 aromatic heterocycles. The molecule has 0 unspecified atom stereocenters. The number of nitrogens with one attached hydrogen (secondary N) is 2. The fourth-order valence-corrected chi connectivity index (χ4v) is 5.72. The number of ether oxygens (including phenoxy) is 3. The molecule has 0 radical (unpaired) electrons. The van der Waals surface area contributed by atoms with Crippen LogP contribution in [0.4, 0.5) is 11.6 Å². The second-order valence-corrected chi connectivity index (χ2v) is 12.3. The summed E-state index contributed by atoms with van der Waals surface area (Å²) in [7, 11) is 6.69. The Labute approximate surface area is 283 Å². The Morgan fingerprint density at radius 2 is 1.92 bits per heavy atom. The lowest BCUT2D eigenvalue weighted by Gasteiger charge is -2.43. The van der Waals surface area contributed by atoms with Crippen LogP contribution in [0.1, 0.15) is 19.4 Å². The maximum atomic E-state index is 14.1. The minimum Gasteiger partial charge on any atom is -0.497 e. The molecular weight excluding hydrogens is 634 g/mol. The van der Waals surface area contributed by atoms with Crippen molar-refractivity contribution >= 4 is 40.2 Å². The predicted molar refractivity (Wildman–Crippen MR) is 186 cm³/mol. The number of carbonyl (C=O) groups is 1. The number of carbonyl (C=O) groups excluding carboxylic acids is 1. The van der Waals surface area contributed by atoms with Gasteiger partial charge in [0.25, 0.3) is 11.5 Å². The van der Waals surface area contributed by atoms with E-state index in [1.165, 1.54) is 14.2 Å². The SMILES string of the molecule is CNc1ncc2cc(-c3cc(OC)cc(OC)c3Cl)c(=O)n(CCc3ccc(NC(=O)/C(C#N)=C/C(C)(C)N(C)C4COC4)cc3)c2n1. The normalized spacial score (nSPS) is 13.6. The van der Waals surface area contributed by atoms with Crippen molar-refractivity contribution in [1.29, 1.82) is 5.26 Å². The molecule has 1 amide bonds. The van der Waals surface area contributed by atoms with Crippen molar-refractivity contribution in [3.8, 4) is 28.7 Å². The van der Waals surface area contributed by atoms with Crippen LogP contribution in [0.3, 0.4) is 0 Å². The Morgan fingerprint density at radius 3 is 2.52 bits per heavy atom. The summed E-state index contributed by atoms with van der Waals surface area (Å²) < 4.78 is 17.8. The van der Waals surface area contributed by atoms with Crippen molar-refractivity contribution in [1.82, 2.24) is 19.4 Å². The number of benzene rings is 2. The first-order valence-corrected chi connectivity index (χ1v) is 15.7. The van der Waals surface area contributed by atoms with Crippen molar-refractivity contribution < 1.29 is 19.0 Å². The van der Waals surface area contributed by atoms with Crippen molar-refractivity contribution in [2.75, 3.05) is 52.2 Å². The first-order chi connectivity index (χ1) is 23.0. The molecule has 0 saturated carbocycles. The number of amides is 1. The number of fused-ring (bicyclic) bond motifs is 1. The molecule has 13 heteroatoms. The highest BCUT2D eigenvalue weighted by atomic mass is 35.5. The van der Waals surface area contributed by atoms with Crippen LogP contribution in [-0.2, 0) is 22.5 Å². The summed E-state index contributed by atoms with van der Waals surface area (Å²) in [6.07, 6.45) is 3.82. The number of anilines is 2. The number of methoxy groups -OCH3 is 2. The number of nitrogens with zero attached hydrogens (tertiary/aromatic N) is 5. The number of pyridine rings is 1. The van der Waals surface area contributed by atoms with Gasteiger partial charge in [-0.3, -0.25) is 19.1 Å². The Bertz CT molecular complexity index is 1960. The Morgan fingerprint density at radius 1 is 1.19 bits per heavy atom. The van der Waals surface area contributed by atoms with Gasteiger partial charge in [0.1, 0.15) is 28.8 Å². The molecule has 12 nitrogen and oxygen atoms in total. The van der Waals surface area contributed by atoms with Gasteiger partial charge in [-0.25, -0.2) is 4.98 Å². The highest BCUT2D eigenvalue weighted by molar-refractivity contribution is 6.35. The second kappa shape index (κ2) is 14.4. The standard InChI is InChI=1S/C35H38ClN7O5/c1-35(2,42(4)25-19-48-20-25)16-23(17-37)32(44)40-24-9-7-21(8-10-24)11-12-43-31-22(18-39-34(38-3)41-31)13-28(33(43)45)27-14-26(46-5)15-29(47-6)30(27)36/h7-10,13-16,18,25H,11-12,19-20H2,1-6H3,(H,40,44)(H,38,39,41)/b23-16+. The lowest BCUT2D eigenvalue weighted by Crippen LogP contribution is -2.55. The zero-order chi connectivity index (χ0) is 34.6. The van der Waals surface area contributed by atoms with Crippen LogP contribution < -0.4 is 25.7 Å². The maximum absolute atomic E-state index is 14.1. The van der Waals surface area contributed by atoms with E-state index in [1.54, 1.807) is 54.2 Å². The summed E-state index contributed by atoms with van der Waals surface area (Å²) in [6, 6.07) is 14.6. The maximum Gasteiger partial charge on any atom is 0.266 e. The average molecular weight is 672 g/mol. The average Bonchev–Trinajstić information content (AvgIpc) is 3.06. The largest absolute Gasteiger partial charge is 0.497 e. The lowest BCUT2D eigenvalue weighted by molar-refractivity contribution is -0.112. The molecule has 3 heterocycles. The van der Waals surface area contributed by atoms with Gasteiger partial charge in [0, 0.05) is 53.6 Å². The number of rotatable bonds is 12. The predicted octanol–water partition coefficient (Wildman–Crippen LogP) is 4.91. The van der Waals surface area contributed by atoms with E-state index in [0.29, 0.717) is 71.5 Å². The summed E-state index contributed by atoms with van der Waals surface area (Å²) >= 11 is 6.69. The molecule has 0 aliphatic carbocycles. The van der Waals surface area contributed by atoms with Gasteiger partial charge in [-0.05, 0) is 63.2 Å². The van der Waals surface area contributed by atoms with Crippen molar-refractivity contribution in [2.24, 2.45) is 0 Å². The molecule has 0 bridgehead atoms. The Balaban J connectivity index is 1.39. The minimum absolute atomic E-state index is 0.0268. The van der Waals surface area contributed by atoms with Gasteiger partial charge in [-0.15, -0.1) is 0 Å².